The van der Waals surface area contributed by atoms with E-state index in [2.05, 4.69) is 27.2 Å². The maximum atomic E-state index is 12.7. The predicted molar refractivity (Wildman–Crippen MR) is 125 cm³/mol. The van der Waals surface area contributed by atoms with E-state index in [1.807, 2.05) is 24.3 Å². The maximum Gasteiger partial charge on any atom is 0.332 e. The van der Waals surface area contributed by atoms with E-state index in [1.54, 1.807) is 11.4 Å². The summed E-state index contributed by atoms with van der Waals surface area (Å²) in [6.07, 6.45) is 0.926. The van der Waals surface area contributed by atoms with Crippen LogP contribution in [0, 0.1) is 0 Å². The van der Waals surface area contributed by atoms with Crippen molar-refractivity contribution in [3.05, 3.63) is 36.4 Å². The van der Waals surface area contributed by atoms with Gasteiger partial charge in [-0.25, -0.2) is 4.79 Å². The number of methoxy groups -OCH3 is 1. The molecule has 2 aromatic carbocycles. The summed E-state index contributed by atoms with van der Waals surface area (Å²) in [5.74, 6) is 2.26. The Balaban J connectivity index is 1.12. The van der Waals surface area contributed by atoms with E-state index in [-0.39, 0.29) is 6.03 Å². The Morgan fingerprint density at radius 1 is 1.03 bits per heavy atom. The molecule has 0 aromatic heterocycles. The fourth-order valence-electron chi connectivity index (χ4n) is 4.31. The number of fused-ring (bicyclic) bond motifs is 3. The van der Waals surface area contributed by atoms with Gasteiger partial charge in [0.2, 0.25) is 0 Å². The molecule has 1 saturated heterocycles. The highest BCUT2D eigenvalue weighted by Crippen LogP contribution is 2.46. The highest BCUT2D eigenvalue weighted by Gasteiger charge is 2.29. The zero-order valence-electron chi connectivity index (χ0n) is 18.2. The Labute approximate surface area is 192 Å². The van der Waals surface area contributed by atoms with Gasteiger partial charge in [0.1, 0.15) is 24.7 Å². The average Bonchev–Trinajstić information content (AvgIpc) is 2.85. The lowest BCUT2D eigenvalue weighted by Crippen LogP contribution is -2.47. The molecule has 0 bridgehead atoms. The van der Waals surface area contributed by atoms with Crippen LogP contribution in [0.15, 0.2) is 41.3 Å². The number of piperazine rings is 1. The summed E-state index contributed by atoms with van der Waals surface area (Å²) in [4.78, 5) is 18.5. The quantitative estimate of drug-likeness (QED) is 0.667. The van der Waals surface area contributed by atoms with Crippen LogP contribution in [0.3, 0.4) is 0 Å². The average molecular weight is 457 g/mol. The molecule has 0 unspecified atom stereocenters. The van der Waals surface area contributed by atoms with Crippen LogP contribution in [-0.2, 0) is 0 Å². The van der Waals surface area contributed by atoms with Gasteiger partial charge in [-0.05, 0) is 42.6 Å². The third-order valence-electron chi connectivity index (χ3n) is 5.97. The number of ether oxygens (including phenoxy) is 3. The minimum atomic E-state index is -0.105. The van der Waals surface area contributed by atoms with Gasteiger partial charge in [-0.15, -0.1) is 0 Å². The van der Waals surface area contributed by atoms with Gasteiger partial charge in [-0.1, -0.05) is 12.1 Å². The van der Waals surface area contributed by atoms with E-state index in [4.69, 9.17) is 14.2 Å². The van der Waals surface area contributed by atoms with E-state index >= 15 is 0 Å². The minimum Gasteiger partial charge on any atom is -0.495 e. The van der Waals surface area contributed by atoms with Gasteiger partial charge in [-0.2, -0.15) is 0 Å². The monoisotopic (exact) mass is 456 g/mol. The fourth-order valence-corrected chi connectivity index (χ4v) is 5.26. The van der Waals surface area contributed by atoms with E-state index in [0.29, 0.717) is 31.3 Å². The molecule has 0 atom stereocenters. The normalized spacial score (nSPS) is 18.2. The first-order valence-electron chi connectivity index (χ1n) is 11.0. The van der Waals surface area contributed by atoms with Gasteiger partial charge in [0, 0.05) is 39.3 Å². The summed E-state index contributed by atoms with van der Waals surface area (Å²) in [7, 11) is 1.72. The number of amides is 2. The molecular weight excluding hydrogens is 428 g/mol. The molecule has 1 fully saturated rings. The van der Waals surface area contributed by atoms with Crippen molar-refractivity contribution in [1.29, 1.82) is 0 Å². The number of hydrogen-bond acceptors (Lipinski definition) is 7. The molecule has 3 aliphatic rings. The van der Waals surface area contributed by atoms with E-state index < -0.39 is 0 Å². The number of nitrogens with one attached hydrogen (secondary N) is 1. The van der Waals surface area contributed by atoms with Crippen LogP contribution in [-0.4, -0.2) is 74.8 Å². The molecular formula is C23H28N4O4S. The lowest BCUT2D eigenvalue weighted by Gasteiger charge is -2.37. The van der Waals surface area contributed by atoms with Crippen LogP contribution in [0.5, 0.6) is 17.2 Å². The molecule has 32 heavy (non-hydrogen) atoms. The van der Waals surface area contributed by atoms with Crippen molar-refractivity contribution in [1.82, 2.24) is 9.21 Å². The third kappa shape index (κ3) is 4.27. The first-order valence-corrected chi connectivity index (χ1v) is 11.8. The Morgan fingerprint density at radius 2 is 1.84 bits per heavy atom. The predicted octanol–water partition coefficient (Wildman–Crippen LogP) is 3.53. The van der Waals surface area contributed by atoms with Crippen molar-refractivity contribution in [2.45, 2.75) is 11.3 Å². The number of anilines is 2. The van der Waals surface area contributed by atoms with Crippen molar-refractivity contribution < 1.29 is 19.0 Å². The summed E-state index contributed by atoms with van der Waals surface area (Å²) in [6, 6.07) is 12.0. The lowest BCUT2D eigenvalue weighted by atomic mass is 10.2. The number of carbonyl (C=O) groups excluding carboxylic acids is 1. The highest BCUT2D eigenvalue weighted by atomic mass is 32.2. The smallest absolute Gasteiger partial charge is 0.332 e. The summed E-state index contributed by atoms with van der Waals surface area (Å²) in [5.41, 5.74) is 1.88. The summed E-state index contributed by atoms with van der Waals surface area (Å²) in [5, 5.41) is 2.99. The number of benzene rings is 2. The topological polar surface area (TPSA) is 66.5 Å². The van der Waals surface area contributed by atoms with Gasteiger partial charge in [0.05, 0.1) is 17.7 Å². The number of urea groups is 1. The molecule has 3 aliphatic heterocycles. The lowest BCUT2D eigenvalue weighted by molar-refractivity contribution is 0.172. The Kier molecular flexibility index (Phi) is 6.18. The minimum absolute atomic E-state index is 0.105. The number of rotatable bonds is 6. The molecule has 9 heteroatoms. The Morgan fingerprint density at radius 3 is 2.69 bits per heavy atom. The second-order valence-corrected chi connectivity index (χ2v) is 9.00. The van der Waals surface area contributed by atoms with Crippen molar-refractivity contribution in [2.75, 3.05) is 69.8 Å². The summed E-state index contributed by atoms with van der Waals surface area (Å²) in [6.45, 7) is 6.65. The van der Waals surface area contributed by atoms with Gasteiger partial charge in [0.25, 0.3) is 0 Å². The molecule has 2 aromatic rings. The summed E-state index contributed by atoms with van der Waals surface area (Å²) < 4.78 is 18.7. The van der Waals surface area contributed by atoms with E-state index in [9.17, 15) is 4.79 Å². The first-order chi connectivity index (χ1) is 15.7. The van der Waals surface area contributed by atoms with Gasteiger partial charge < -0.3 is 24.4 Å². The number of carbonyl (C=O) groups is 1. The summed E-state index contributed by atoms with van der Waals surface area (Å²) >= 11 is 1.47. The Hall–Kier alpha value is -2.78. The van der Waals surface area contributed by atoms with Gasteiger partial charge in [0.15, 0.2) is 11.5 Å². The molecule has 0 spiro atoms. The first kappa shape index (κ1) is 21.1. The van der Waals surface area contributed by atoms with Crippen LogP contribution >= 0.6 is 11.9 Å². The molecule has 170 valence electrons. The largest absolute Gasteiger partial charge is 0.495 e. The second kappa shape index (κ2) is 9.38. The zero-order chi connectivity index (χ0) is 21.9. The van der Waals surface area contributed by atoms with Gasteiger partial charge >= 0.3 is 6.03 Å². The van der Waals surface area contributed by atoms with Crippen molar-refractivity contribution in [2.24, 2.45) is 0 Å². The number of para-hydroxylation sites is 2. The van der Waals surface area contributed by atoms with Gasteiger partial charge in [-0.3, -0.25) is 9.21 Å². The fraction of sp³-hybridized carbons (Fsp3) is 0.435. The molecule has 3 heterocycles. The standard InChI is InChI=1S/C23H28N4O4S/c1-29-18-6-3-2-5-17(18)26-13-11-25(12-14-26)9-4-10-27-23(28)24-21-20(32-27)8-7-19-22(21)31-16-15-30-19/h2-3,5-8H,4,9-16H2,1H3,(H,24,28). The zero-order valence-corrected chi connectivity index (χ0v) is 19.0. The Bertz CT molecular complexity index is 980. The number of nitrogens with zero attached hydrogens (tertiary/aromatic N) is 3. The van der Waals surface area contributed by atoms with Crippen molar-refractivity contribution in [3.63, 3.8) is 0 Å². The second-order valence-electron chi connectivity index (χ2n) is 7.94. The molecule has 2 amide bonds. The highest BCUT2D eigenvalue weighted by molar-refractivity contribution is 7.97. The molecule has 1 N–H and O–H groups in total. The van der Waals surface area contributed by atoms with Crippen LogP contribution in [0.1, 0.15) is 6.42 Å². The molecule has 8 nitrogen and oxygen atoms in total. The maximum absolute atomic E-state index is 12.7. The van der Waals surface area contributed by atoms with Crippen molar-refractivity contribution in [3.8, 4) is 17.2 Å². The van der Waals surface area contributed by atoms with Crippen LogP contribution in [0.4, 0.5) is 16.2 Å². The van der Waals surface area contributed by atoms with E-state index in [1.165, 1.54) is 11.9 Å². The number of hydrogen-bond donors (Lipinski definition) is 1. The molecule has 0 radical (unpaired) electrons. The molecule has 5 rings (SSSR count). The van der Waals surface area contributed by atoms with Crippen LogP contribution in [0.2, 0.25) is 0 Å². The third-order valence-corrected chi connectivity index (χ3v) is 7.08. The van der Waals surface area contributed by atoms with Crippen molar-refractivity contribution >= 4 is 29.4 Å². The molecule has 0 aliphatic carbocycles. The SMILES string of the molecule is COc1ccccc1N1CCN(CCCN2Sc3ccc4c(c3NC2=O)OCCO4)CC1. The van der Waals surface area contributed by atoms with Crippen LogP contribution in [0.25, 0.3) is 0 Å². The van der Waals surface area contributed by atoms with Crippen LogP contribution < -0.4 is 24.4 Å². The van der Waals surface area contributed by atoms with E-state index in [0.717, 1.165) is 61.2 Å². The molecule has 0 saturated carbocycles.